The summed E-state index contributed by atoms with van der Waals surface area (Å²) >= 11 is 2.08. The van der Waals surface area contributed by atoms with Gasteiger partial charge < -0.3 is 18.9 Å². The number of rotatable bonds is 4. The maximum atomic E-state index is 12.9. The number of amides is 1. The second-order valence-electron chi connectivity index (χ2n) is 6.33. The van der Waals surface area contributed by atoms with Crippen LogP contribution in [0.4, 0.5) is 0 Å². The standard InChI is InChI=1S/C16H21IN2O4/c1-5-18-7-16(8-22-3)6-9(2)11-10(17)13(20)14(23-4)12(15(18)21)19(11)16/h9H,5-8H2,1-4H3. The fourth-order valence-corrected chi connectivity index (χ4v) is 5.14. The van der Waals surface area contributed by atoms with Crippen molar-refractivity contribution in [2.45, 2.75) is 31.7 Å². The second-order valence-corrected chi connectivity index (χ2v) is 7.41. The molecule has 0 aromatic carbocycles. The van der Waals surface area contributed by atoms with E-state index in [-0.39, 0.29) is 28.5 Å². The fraction of sp³-hybridized carbons (Fsp3) is 0.625. The van der Waals surface area contributed by atoms with E-state index in [2.05, 4.69) is 29.5 Å². The molecule has 0 bridgehead atoms. The maximum Gasteiger partial charge on any atom is 0.274 e. The lowest BCUT2D eigenvalue weighted by Gasteiger charge is -2.43. The number of carbonyl (C=O) groups excluding carboxylic acids is 1. The van der Waals surface area contributed by atoms with E-state index >= 15 is 0 Å². The van der Waals surface area contributed by atoms with E-state index < -0.39 is 0 Å². The largest absolute Gasteiger partial charge is 0.491 e. The Morgan fingerprint density at radius 1 is 1.35 bits per heavy atom. The van der Waals surface area contributed by atoms with Gasteiger partial charge in [0.25, 0.3) is 5.91 Å². The van der Waals surface area contributed by atoms with Crippen LogP contribution in [-0.2, 0) is 10.3 Å². The van der Waals surface area contributed by atoms with Gasteiger partial charge in [-0.1, -0.05) is 6.92 Å². The van der Waals surface area contributed by atoms with Crippen molar-refractivity contribution < 1.29 is 14.3 Å². The average molecular weight is 432 g/mol. The van der Waals surface area contributed by atoms with Gasteiger partial charge in [-0.15, -0.1) is 0 Å². The van der Waals surface area contributed by atoms with Gasteiger partial charge in [0, 0.05) is 31.8 Å². The van der Waals surface area contributed by atoms with Crippen LogP contribution in [-0.4, -0.2) is 49.3 Å². The third-order valence-corrected chi connectivity index (χ3v) is 5.95. The zero-order valence-corrected chi connectivity index (χ0v) is 16.0. The van der Waals surface area contributed by atoms with Crippen molar-refractivity contribution in [2.24, 2.45) is 0 Å². The molecule has 6 nitrogen and oxygen atoms in total. The van der Waals surface area contributed by atoms with Gasteiger partial charge in [-0.25, -0.2) is 0 Å². The predicted octanol–water partition coefficient (Wildman–Crippen LogP) is 1.79. The van der Waals surface area contributed by atoms with Crippen LogP contribution in [0, 0.1) is 3.57 Å². The molecule has 1 aromatic heterocycles. The van der Waals surface area contributed by atoms with Crippen molar-refractivity contribution >= 4 is 28.5 Å². The minimum absolute atomic E-state index is 0.139. The molecule has 2 unspecified atom stereocenters. The van der Waals surface area contributed by atoms with Gasteiger partial charge in [0.1, 0.15) is 0 Å². The maximum absolute atomic E-state index is 12.9. The molecule has 0 fully saturated rings. The van der Waals surface area contributed by atoms with Crippen LogP contribution in [0.25, 0.3) is 0 Å². The zero-order chi connectivity index (χ0) is 16.9. The van der Waals surface area contributed by atoms with Gasteiger partial charge >= 0.3 is 0 Å². The highest BCUT2D eigenvalue weighted by atomic mass is 127. The molecule has 0 spiro atoms. The monoisotopic (exact) mass is 432 g/mol. The van der Waals surface area contributed by atoms with Crippen molar-refractivity contribution in [1.82, 2.24) is 9.47 Å². The van der Waals surface area contributed by atoms with Crippen molar-refractivity contribution in [3.05, 3.63) is 25.2 Å². The summed E-state index contributed by atoms with van der Waals surface area (Å²) < 4.78 is 13.5. The van der Waals surface area contributed by atoms with Crippen LogP contribution in [0.5, 0.6) is 5.75 Å². The van der Waals surface area contributed by atoms with Gasteiger partial charge in [-0.3, -0.25) is 9.59 Å². The Kier molecular flexibility index (Phi) is 4.20. The number of carbonyl (C=O) groups is 1. The van der Waals surface area contributed by atoms with Crippen LogP contribution in [0.2, 0.25) is 0 Å². The normalized spacial score (nSPS) is 25.7. The quantitative estimate of drug-likeness (QED) is 0.681. The van der Waals surface area contributed by atoms with Crippen LogP contribution in [0.1, 0.15) is 42.4 Å². The smallest absolute Gasteiger partial charge is 0.274 e. The van der Waals surface area contributed by atoms with E-state index in [0.717, 1.165) is 12.1 Å². The Morgan fingerprint density at radius 3 is 2.61 bits per heavy atom. The molecule has 0 saturated heterocycles. The summed E-state index contributed by atoms with van der Waals surface area (Å²) in [6.45, 7) is 5.75. The Morgan fingerprint density at radius 2 is 2.04 bits per heavy atom. The summed E-state index contributed by atoms with van der Waals surface area (Å²) in [6.07, 6.45) is 0.847. The van der Waals surface area contributed by atoms with E-state index in [0.29, 0.717) is 29.0 Å². The van der Waals surface area contributed by atoms with Gasteiger partial charge in [-0.2, -0.15) is 0 Å². The van der Waals surface area contributed by atoms with Crippen molar-refractivity contribution in [3.8, 4) is 5.75 Å². The minimum atomic E-state index is -0.330. The van der Waals surface area contributed by atoms with Crippen LogP contribution in [0.15, 0.2) is 4.79 Å². The number of aromatic nitrogens is 1. The number of methoxy groups -OCH3 is 2. The molecule has 3 heterocycles. The molecule has 23 heavy (non-hydrogen) atoms. The molecule has 7 heteroatoms. The van der Waals surface area contributed by atoms with E-state index in [9.17, 15) is 9.59 Å². The molecule has 3 rings (SSSR count). The van der Waals surface area contributed by atoms with Crippen LogP contribution < -0.4 is 10.2 Å². The molecular weight excluding hydrogens is 411 g/mol. The lowest BCUT2D eigenvalue weighted by Crippen LogP contribution is -2.55. The summed E-state index contributed by atoms with van der Waals surface area (Å²) in [5.41, 5.74) is 0.791. The molecule has 1 aromatic rings. The highest BCUT2D eigenvalue weighted by Crippen LogP contribution is 2.47. The van der Waals surface area contributed by atoms with Gasteiger partial charge in [-0.05, 0) is 35.9 Å². The van der Waals surface area contributed by atoms with E-state index in [4.69, 9.17) is 9.47 Å². The van der Waals surface area contributed by atoms with Crippen molar-refractivity contribution in [2.75, 3.05) is 33.9 Å². The minimum Gasteiger partial charge on any atom is -0.491 e. The highest BCUT2D eigenvalue weighted by Gasteiger charge is 2.51. The van der Waals surface area contributed by atoms with Crippen LogP contribution in [0.3, 0.4) is 0 Å². The SMILES string of the molecule is CCN1CC2(COC)CC(C)c3c(I)c(=O)c(OC)c(n32)C1=O. The third kappa shape index (κ3) is 2.15. The first-order valence-corrected chi connectivity index (χ1v) is 8.80. The Balaban J connectivity index is 2.41. The number of ether oxygens (including phenoxy) is 2. The van der Waals surface area contributed by atoms with Crippen LogP contribution >= 0.6 is 22.6 Å². The Hall–Kier alpha value is -1.09. The Bertz CT molecular complexity index is 730. The van der Waals surface area contributed by atoms with Gasteiger partial charge in [0.2, 0.25) is 5.43 Å². The Labute approximate surface area is 148 Å². The van der Waals surface area contributed by atoms with E-state index in [1.54, 1.807) is 12.0 Å². The summed E-state index contributed by atoms with van der Waals surface area (Å²) in [6, 6.07) is 0. The summed E-state index contributed by atoms with van der Waals surface area (Å²) in [5.74, 6) is 0.204. The van der Waals surface area contributed by atoms with Crippen molar-refractivity contribution in [1.29, 1.82) is 0 Å². The number of hydrogen-bond acceptors (Lipinski definition) is 4. The summed E-state index contributed by atoms with van der Waals surface area (Å²) in [5, 5.41) is 0. The third-order valence-electron chi connectivity index (χ3n) is 4.91. The molecule has 2 aliphatic rings. The molecule has 0 radical (unpaired) electrons. The fourth-order valence-electron chi connectivity index (χ4n) is 4.12. The van der Waals surface area contributed by atoms with Gasteiger partial charge in [0.15, 0.2) is 11.4 Å². The average Bonchev–Trinajstić information content (AvgIpc) is 2.80. The lowest BCUT2D eigenvalue weighted by atomic mass is 9.90. The first-order chi connectivity index (χ1) is 10.9. The molecule has 1 amide bonds. The first kappa shape index (κ1) is 16.8. The molecule has 0 aliphatic carbocycles. The topological polar surface area (TPSA) is 60.8 Å². The number of halogens is 1. The number of pyridine rings is 1. The van der Waals surface area contributed by atoms with Gasteiger partial charge in [0.05, 0.1) is 22.8 Å². The van der Waals surface area contributed by atoms with Crippen molar-refractivity contribution in [3.63, 3.8) is 0 Å². The number of nitrogens with zero attached hydrogens (tertiary/aromatic N) is 2. The molecule has 2 atom stereocenters. The number of likely N-dealkylation sites (N-methyl/N-ethyl adjacent to an activating group) is 1. The van der Waals surface area contributed by atoms with E-state index in [1.165, 1.54) is 7.11 Å². The molecule has 126 valence electrons. The van der Waals surface area contributed by atoms with E-state index in [1.807, 2.05) is 11.5 Å². The molecule has 0 N–H and O–H groups in total. The molecule has 2 aliphatic heterocycles. The molecule has 0 saturated carbocycles. The summed E-state index contributed by atoms with van der Waals surface area (Å²) in [7, 11) is 3.12. The highest BCUT2D eigenvalue weighted by molar-refractivity contribution is 14.1. The summed E-state index contributed by atoms with van der Waals surface area (Å²) in [4.78, 5) is 27.4. The number of hydrogen-bond donors (Lipinski definition) is 0. The second kappa shape index (κ2) is 5.77. The first-order valence-electron chi connectivity index (χ1n) is 7.73. The molecular formula is C16H21IN2O4. The predicted molar refractivity (Wildman–Crippen MR) is 94.4 cm³/mol. The lowest BCUT2D eigenvalue weighted by molar-refractivity contribution is 0.0294. The zero-order valence-electron chi connectivity index (χ0n) is 13.8.